The molecule has 0 aliphatic carbocycles. The van der Waals surface area contributed by atoms with E-state index in [1.807, 2.05) is 0 Å². The molecule has 0 aliphatic rings. The first-order valence-electron chi connectivity index (χ1n) is 12.0. The van der Waals surface area contributed by atoms with Gasteiger partial charge in [0.2, 0.25) is 0 Å². The van der Waals surface area contributed by atoms with Crippen molar-refractivity contribution in [3.63, 3.8) is 0 Å². The number of halogens is 2. The lowest BCUT2D eigenvalue weighted by Gasteiger charge is -2.20. The molecule has 0 radical (unpaired) electrons. The molecule has 1 aromatic heterocycles. The van der Waals surface area contributed by atoms with Crippen LogP contribution in [0.2, 0.25) is 10.0 Å². The summed E-state index contributed by atoms with van der Waals surface area (Å²) in [5.41, 5.74) is 0.195. The van der Waals surface area contributed by atoms with Gasteiger partial charge >= 0.3 is 11.7 Å². The fourth-order valence-corrected chi connectivity index (χ4v) is 4.71. The fraction of sp³-hybridized carbons (Fsp3) is 0.214. The molecule has 1 heterocycles. The summed E-state index contributed by atoms with van der Waals surface area (Å²) in [6, 6.07) is 14.2. The molecule has 4 aromatic rings. The lowest BCUT2D eigenvalue weighted by atomic mass is 10.0. The van der Waals surface area contributed by atoms with Crippen LogP contribution in [0.25, 0.3) is 16.6 Å². The topological polar surface area (TPSA) is 120 Å². The zero-order valence-electron chi connectivity index (χ0n) is 21.3. The highest BCUT2D eigenvalue weighted by Crippen LogP contribution is 2.24. The van der Waals surface area contributed by atoms with Crippen LogP contribution < -0.4 is 16.6 Å². The molecule has 3 aromatic carbocycles. The number of carbonyl (C=O) groups excluding carboxylic acids is 2. The first-order chi connectivity index (χ1) is 18.5. The number of hydrogen-bond acceptors (Lipinski definition) is 6. The van der Waals surface area contributed by atoms with Crippen LogP contribution in [-0.4, -0.2) is 38.3 Å². The summed E-state index contributed by atoms with van der Waals surface area (Å²) in [7, 11) is 1.53. The van der Waals surface area contributed by atoms with E-state index < -0.39 is 35.3 Å². The molecule has 11 heteroatoms. The standard InChI is InChI=1S/C28H25Cl2N3O6/c1-15(2)39-27(37)22(31-25(35)24-20(29)5-4-6-21(24)30)13-16-7-9-17(10-8-16)33-26(36)19-14-18(34)11-12-23(19)32(3)28(33)38/h4-12,14-15,22,34H,13H2,1-3H3,(H,31,35). The number of ether oxygens (including phenoxy) is 1. The predicted octanol–water partition coefficient (Wildman–Crippen LogP) is 3.99. The van der Waals surface area contributed by atoms with Crippen LogP contribution in [0.5, 0.6) is 5.75 Å². The number of esters is 1. The lowest BCUT2D eigenvalue weighted by Crippen LogP contribution is -2.44. The van der Waals surface area contributed by atoms with Gasteiger partial charge in [0.25, 0.3) is 11.5 Å². The quantitative estimate of drug-likeness (QED) is 0.325. The van der Waals surface area contributed by atoms with Gasteiger partial charge in [0.1, 0.15) is 11.8 Å². The van der Waals surface area contributed by atoms with Crippen molar-refractivity contribution in [1.82, 2.24) is 14.5 Å². The maximum absolute atomic E-state index is 13.1. The average Bonchev–Trinajstić information content (AvgIpc) is 2.87. The summed E-state index contributed by atoms with van der Waals surface area (Å²) in [6.07, 6.45) is -0.364. The van der Waals surface area contributed by atoms with E-state index in [0.717, 1.165) is 4.57 Å². The van der Waals surface area contributed by atoms with Crippen LogP contribution in [-0.2, 0) is 23.0 Å². The maximum Gasteiger partial charge on any atom is 0.335 e. The molecule has 0 aliphatic heterocycles. The van der Waals surface area contributed by atoms with Crippen molar-refractivity contribution < 1.29 is 19.4 Å². The van der Waals surface area contributed by atoms with E-state index in [0.29, 0.717) is 16.8 Å². The van der Waals surface area contributed by atoms with Crippen molar-refractivity contribution in [3.8, 4) is 11.4 Å². The van der Waals surface area contributed by atoms with Gasteiger partial charge in [-0.15, -0.1) is 0 Å². The molecule has 39 heavy (non-hydrogen) atoms. The van der Waals surface area contributed by atoms with E-state index in [-0.39, 0.29) is 33.2 Å². The third-order valence-corrected chi connectivity index (χ3v) is 6.65. The molecule has 2 N–H and O–H groups in total. The van der Waals surface area contributed by atoms with Crippen molar-refractivity contribution in [2.75, 3.05) is 0 Å². The Bertz CT molecular complexity index is 1670. The summed E-state index contributed by atoms with van der Waals surface area (Å²) in [6.45, 7) is 3.39. The van der Waals surface area contributed by atoms with Gasteiger partial charge in [0.05, 0.1) is 38.3 Å². The molecule has 0 bridgehead atoms. The smallest absolute Gasteiger partial charge is 0.335 e. The predicted molar refractivity (Wildman–Crippen MR) is 149 cm³/mol. The van der Waals surface area contributed by atoms with E-state index in [9.17, 15) is 24.3 Å². The van der Waals surface area contributed by atoms with Crippen molar-refractivity contribution in [1.29, 1.82) is 0 Å². The molecule has 0 saturated heterocycles. The first kappa shape index (κ1) is 27.9. The minimum atomic E-state index is -1.07. The Morgan fingerprint density at radius 1 is 1.00 bits per heavy atom. The number of benzene rings is 3. The molecule has 1 atom stereocenters. The van der Waals surface area contributed by atoms with Crippen LogP contribution in [0.15, 0.2) is 70.3 Å². The largest absolute Gasteiger partial charge is 0.508 e. The van der Waals surface area contributed by atoms with Crippen molar-refractivity contribution in [2.45, 2.75) is 32.4 Å². The number of nitrogens with zero attached hydrogens (tertiary/aromatic N) is 2. The van der Waals surface area contributed by atoms with Gasteiger partial charge in [-0.3, -0.25) is 14.2 Å². The Morgan fingerprint density at radius 2 is 1.64 bits per heavy atom. The number of carbonyl (C=O) groups is 2. The molecular weight excluding hydrogens is 545 g/mol. The van der Waals surface area contributed by atoms with Crippen LogP contribution in [0.1, 0.15) is 29.8 Å². The van der Waals surface area contributed by atoms with Gasteiger partial charge in [-0.1, -0.05) is 41.4 Å². The lowest BCUT2D eigenvalue weighted by molar-refractivity contribution is -0.149. The Balaban J connectivity index is 1.66. The molecule has 0 fully saturated rings. The Morgan fingerprint density at radius 3 is 2.26 bits per heavy atom. The molecule has 1 unspecified atom stereocenters. The normalized spacial score (nSPS) is 11.9. The molecule has 0 saturated carbocycles. The minimum absolute atomic E-state index is 0.0380. The van der Waals surface area contributed by atoms with Gasteiger partial charge in [0.15, 0.2) is 0 Å². The molecule has 1 amide bonds. The summed E-state index contributed by atoms with van der Waals surface area (Å²) >= 11 is 12.3. The zero-order chi connectivity index (χ0) is 28.4. The Labute approximate surface area is 233 Å². The number of aromatic nitrogens is 2. The van der Waals surface area contributed by atoms with Crippen LogP contribution in [0, 0.1) is 0 Å². The van der Waals surface area contributed by atoms with E-state index in [2.05, 4.69) is 5.32 Å². The molecule has 9 nitrogen and oxygen atoms in total. The van der Waals surface area contributed by atoms with Crippen molar-refractivity contribution >= 4 is 46.0 Å². The van der Waals surface area contributed by atoms with E-state index in [4.69, 9.17) is 27.9 Å². The van der Waals surface area contributed by atoms with Gasteiger partial charge < -0.3 is 15.2 Å². The monoisotopic (exact) mass is 569 g/mol. The number of aryl methyl sites for hydroxylation is 1. The summed E-state index contributed by atoms with van der Waals surface area (Å²) in [5, 5.41) is 12.9. The average molecular weight is 570 g/mol. The Hall–Kier alpha value is -4.08. The number of phenolic OH excluding ortho intramolecular Hbond substituents is 1. The summed E-state index contributed by atoms with van der Waals surface area (Å²) < 4.78 is 7.65. The zero-order valence-corrected chi connectivity index (χ0v) is 22.8. The highest BCUT2D eigenvalue weighted by atomic mass is 35.5. The number of nitrogens with one attached hydrogen (secondary N) is 1. The third kappa shape index (κ3) is 5.84. The SMILES string of the molecule is CC(C)OC(=O)C(Cc1ccc(-n2c(=O)c3cc(O)ccc3n(C)c2=O)cc1)NC(=O)c1c(Cl)cccc1Cl. The summed E-state index contributed by atoms with van der Waals surface area (Å²) in [5.74, 6) is -1.38. The van der Waals surface area contributed by atoms with Crippen LogP contribution in [0.4, 0.5) is 0 Å². The minimum Gasteiger partial charge on any atom is -0.508 e. The number of rotatable bonds is 7. The van der Waals surface area contributed by atoms with E-state index in [1.165, 1.54) is 41.9 Å². The van der Waals surface area contributed by atoms with Gasteiger partial charge in [-0.2, -0.15) is 0 Å². The van der Waals surface area contributed by atoms with Crippen LogP contribution >= 0.6 is 23.2 Å². The second-order valence-electron chi connectivity index (χ2n) is 9.16. The van der Waals surface area contributed by atoms with Crippen LogP contribution in [0.3, 0.4) is 0 Å². The summed E-state index contributed by atoms with van der Waals surface area (Å²) in [4.78, 5) is 51.9. The molecule has 0 spiro atoms. The highest BCUT2D eigenvalue weighted by Gasteiger charge is 2.26. The van der Waals surface area contributed by atoms with Crippen molar-refractivity contribution in [3.05, 3.63) is 103 Å². The molecular formula is C28H25Cl2N3O6. The number of hydrogen-bond donors (Lipinski definition) is 2. The number of phenols is 1. The number of aromatic hydroxyl groups is 1. The molecule has 202 valence electrons. The second-order valence-corrected chi connectivity index (χ2v) is 9.98. The Kier molecular flexibility index (Phi) is 8.13. The third-order valence-electron chi connectivity index (χ3n) is 6.02. The second kappa shape index (κ2) is 11.3. The highest BCUT2D eigenvalue weighted by molar-refractivity contribution is 6.39. The first-order valence-corrected chi connectivity index (χ1v) is 12.7. The maximum atomic E-state index is 13.1. The van der Waals surface area contributed by atoms with Gasteiger partial charge in [-0.05, 0) is 61.9 Å². The number of amides is 1. The van der Waals surface area contributed by atoms with Crippen molar-refractivity contribution in [2.24, 2.45) is 7.05 Å². The molecule has 4 rings (SSSR count). The number of fused-ring (bicyclic) bond motifs is 1. The fourth-order valence-electron chi connectivity index (χ4n) is 4.15. The van der Waals surface area contributed by atoms with E-state index in [1.54, 1.807) is 44.2 Å². The van der Waals surface area contributed by atoms with Gasteiger partial charge in [-0.25, -0.2) is 14.2 Å². The van der Waals surface area contributed by atoms with E-state index >= 15 is 0 Å². The van der Waals surface area contributed by atoms with Gasteiger partial charge in [0, 0.05) is 13.5 Å².